The summed E-state index contributed by atoms with van der Waals surface area (Å²) in [6.45, 7) is 3.70. The molecule has 1 aliphatic heterocycles. The molecule has 2 N–H and O–H groups in total. The topological polar surface area (TPSA) is 69.6 Å². The number of β-amino-alcohol motifs (C(OH)–C–C–N with tert-alkyl or cyclic N) is 1. The van der Waals surface area contributed by atoms with Crippen LogP contribution in [0.5, 0.6) is 0 Å². The molecule has 6 heteroatoms. The third-order valence-electron chi connectivity index (χ3n) is 2.70. The van der Waals surface area contributed by atoms with Gasteiger partial charge in [-0.2, -0.15) is 0 Å². The summed E-state index contributed by atoms with van der Waals surface area (Å²) in [4.78, 5) is 2.24. The lowest BCUT2D eigenvalue weighted by Crippen LogP contribution is -2.38. The van der Waals surface area contributed by atoms with Crippen molar-refractivity contribution in [2.45, 2.75) is 18.9 Å². The molecule has 0 saturated carbocycles. The second-order valence-electron chi connectivity index (χ2n) is 4.50. The zero-order valence-corrected chi connectivity index (χ0v) is 10.7. The van der Waals surface area contributed by atoms with E-state index in [4.69, 9.17) is 0 Å². The first kappa shape index (κ1) is 13.9. The molecule has 0 aromatic heterocycles. The highest BCUT2D eigenvalue weighted by molar-refractivity contribution is 7.90. The van der Waals surface area contributed by atoms with E-state index in [1.54, 1.807) is 0 Å². The van der Waals surface area contributed by atoms with Crippen LogP contribution in [0.15, 0.2) is 0 Å². The molecule has 0 radical (unpaired) electrons. The Morgan fingerprint density at radius 2 is 2.00 bits per heavy atom. The molecule has 0 aromatic carbocycles. The summed E-state index contributed by atoms with van der Waals surface area (Å²) in [5, 5.41) is 12.6. The van der Waals surface area contributed by atoms with Crippen molar-refractivity contribution in [1.29, 1.82) is 0 Å². The third kappa shape index (κ3) is 6.42. The Labute approximate surface area is 97.7 Å². The van der Waals surface area contributed by atoms with Crippen LogP contribution in [0.2, 0.25) is 0 Å². The van der Waals surface area contributed by atoms with Gasteiger partial charge in [-0.25, -0.2) is 8.42 Å². The van der Waals surface area contributed by atoms with Gasteiger partial charge in [0.25, 0.3) is 0 Å². The van der Waals surface area contributed by atoms with Gasteiger partial charge >= 0.3 is 0 Å². The van der Waals surface area contributed by atoms with E-state index < -0.39 is 15.9 Å². The van der Waals surface area contributed by atoms with Crippen molar-refractivity contribution in [3.8, 4) is 0 Å². The minimum atomic E-state index is -2.90. The molecule has 1 saturated heterocycles. The SMILES string of the molecule is CS(=O)(=O)CCNCC(O)CN1CCCC1. The fraction of sp³-hybridized carbons (Fsp3) is 1.00. The predicted octanol–water partition coefficient (Wildman–Crippen LogP) is -0.923. The predicted molar refractivity (Wildman–Crippen MR) is 64.3 cm³/mol. The highest BCUT2D eigenvalue weighted by Crippen LogP contribution is 2.07. The Morgan fingerprint density at radius 1 is 1.38 bits per heavy atom. The van der Waals surface area contributed by atoms with Gasteiger partial charge in [0, 0.05) is 25.9 Å². The number of hydrogen-bond donors (Lipinski definition) is 2. The zero-order valence-electron chi connectivity index (χ0n) is 9.85. The molecule has 5 nitrogen and oxygen atoms in total. The van der Waals surface area contributed by atoms with Crippen molar-refractivity contribution in [3.63, 3.8) is 0 Å². The summed E-state index contributed by atoms with van der Waals surface area (Å²) in [5.41, 5.74) is 0. The average molecular weight is 250 g/mol. The molecule has 1 aliphatic rings. The molecular weight excluding hydrogens is 228 g/mol. The summed E-state index contributed by atoms with van der Waals surface area (Å²) in [6, 6.07) is 0. The smallest absolute Gasteiger partial charge is 0.148 e. The molecule has 0 spiro atoms. The maximum Gasteiger partial charge on any atom is 0.148 e. The molecule has 0 amide bonds. The standard InChI is InChI=1S/C10H22N2O3S/c1-16(14,15)7-4-11-8-10(13)9-12-5-2-3-6-12/h10-11,13H,2-9H2,1H3. The summed E-state index contributed by atoms with van der Waals surface area (Å²) in [6.07, 6.45) is 3.25. The molecule has 16 heavy (non-hydrogen) atoms. The van der Waals surface area contributed by atoms with Gasteiger partial charge in [0.1, 0.15) is 9.84 Å². The van der Waals surface area contributed by atoms with Gasteiger partial charge in [0.2, 0.25) is 0 Å². The molecule has 1 rings (SSSR count). The number of nitrogens with one attached hydrogen (secondary N) is 1. The van der Waals surface area contributed by atoms with Crippen LogP contribution in [0.4, 0.5) is 0 Å². The Morgan fingerprint density at radius 3 is 2.56 bits per heavy atom. The minimum absolute atomic E-state index is 0.128. The largest absolute Gasteiger partial charge is 0.390 e. The van der Waals surface area contributed by atoms with Gasteiger partial charge in [-0.1, -0.05) is 0 Å². The van der Waals surface area contributed by atoms with Crippen molar-refractivity contribution in [2.24, 2.45) is 0 Å². The van der Waals surface area contributed by atoms with Crippen molar-refractivity contribution in [1.82, 2.24) is 10.2 Å². The Balaban J connectivity index is 2.03. The summed E-state index contributed by atoms with van der Waals surface area (Å²) in [5.74, 6) is 0.128. The van der Waals surface area contributed by atoms with Gasteiger partial charge in [-0.05, 0) is 25.9 Å². The average Bonchev–Trinajstić information content (AvgIpc) is 2.63. The molecule has 1 atom stereocenters. The van der Waals surface area contributed by atoms with Crippen molar-refractivity contribution in [2.75, 3.05) is 44.7 Å². The van der Waals surface area contributed by atoms with E-state index in [-0.39, 0.29) is 5.75 Å². The zero-order chi connectivity index (χ0) is 12.0. The molecular formula is C10H22N2O3S. The van der Waals surface area contributed by atoms with E-state index in [1.807, 2.05) is 0 Å². The van der Waals surface area contributed by atoms with Crippen LogP contribution in [0, 0.1) is 0 Å². The van der Waals surface area contributed by atoms with Crippen LogP contribution in [0.1, 0.15) is 12.8 Å². The van der Waals surface area contributed by atoms with Crippen LogP contribution < -0.4 is 5.32 Å². The van der Waals surface area contributed by atoms with Crippen LogP contribution >= 0.6 is 0 Å². The van der Waals surface area contributed by atoms with Crippen molar-refractivity contribution in [3.05, 3.63) is 0 Å². The maximum absolute atomic E-state index is 10.8. The molecule has 0 aromatic rings. The van der Waals surface area contributed by atoms with Crippen molar-refractivity contribution >= 4 is 9.84 Å². The van der Waals surface area contributed by atoms with Gasteiger partial charge in [0.05, 0.1) is 11.9 Å². The number of nitrogens with zero attached hydrogens (tertiary/aromatic N) is 1. The monoisotopic (exact) mass is 250 g/mol. The maximum atomic E-state index is 10.8. The quantitative estimate of drug-likeness (QED) is 0.572. The first-order valence-corrected chi connectivity index (χ1v) is 7.82. The van der Waals surface area contributed by atoms with Gasteiger partial charge in [0.15, 0.2) is 0 Å². The normalized spacial score (nSPS) is 20.1. The number of rotatable bonds is 7. The van der Waals surface area contributed by atoms with Crippen molar-refractivity contribution < 1.29 is 13.5 Å². The van der Waals surface area contributed by atoms with Crippen LogP contribution in [-0.2, 0) is 9.84 Å². The lowest BCUT2D eigenvalue weighted by atomic mass is 10.3. The van der Waals surface area contributed by atoms with E-state index >= 15 is 0 Å². The number of aliphatic hydroxyl groups excluding tert-OH is 1. The summed E-state index contributed by atoms with van der Waals surface area (Å²) < 4.78 is 21.7. The minimum Gasteiger partial charge on any atom is -0.390 e. The van der Waals surface area contributed by atoms with Gasteiger partial charge in [-0.3, -0.25) is 0 Å². The summed E-state index contributed by atoms with van der Waals surface area (Å²) in [7, 11) is -2.90. The van der Waals surface area contributed by atoms with Crippen LogP contribution in [-0.4, -0.2) is 69.3 Å². The second kappa shape index (κ2) is 6.54. The first-order valence-electron chi connectivity index (χ1n) is 5.76. The van der Waals surface area contributed by atoms with E-state index in [0.717, 1.165) is 13.1 Å². The fourth-order valence-corrected chi connectivity index (χ4v) is 2.37. The highest BCUT2D eigenvalue weighted by Gasteiger charge is 2.15. The molecule has 1 fully saturated rings. The van der Waals surface area contributed by atoms with E-state index in [1.165, 1.54) is 19.1 Å². The Kier molecular flexibility index (Phi) is 5.68. The lowest BCUT2D eigenvalue weighted by molar-refractivity contribution is 0.124. The first-order chi connectivity index (χ1) is 7.47. The molecule has 1 unspecified atom stereocenters. The van der Waals surface area contributed by atoms with E-state index in [9.17, 15) is 13.5 Å². The van der Waals surface area contributed by atoms with Crippen LogP contribution in [0.3, 0.4) is 0 Å². The van der Waals surface area contributed by atoms with E-state index in [2.05, 4.69) is 10.2 Å². The number of sulfone groups is 1. The number of hydrogen-bond acceptors (Lipinski definition) is 5. The molecule has 0 aliphatic carbocycles. The summed E-state index contributed by atoms with van der Waals surface area (Å²) >= 11 is 0. The fourth-order valence-electron chi connectivity index (χ4n) is 1.85. The van der Waals surface area contributed by atoms with E-state index in [0.29, 0.717) is 19.6 Å². The third-order valence-corrected chi connectivity index (χ3v) is 3.64. The van der Waals surface area contributed by atoms with Gasteiger partial charge in [-0.15, -0.1) is 0 Å². The molecule has 96 valence electrons. The van der Waals surface area contributed by atoms with Crippen LogP contribution in [0.25, 0.3) is 0 Å². The lowest BCUT2D eigenvalue weighted by Gasteiger charge is -2.19. The van der Waals surface area contributed by atoms with Gasteiger partial charge < -0.3 is 15.3 Å². The number of likely N-dealkylation sites (tertiary alicyclic amines) is 1. The number of aliphatic hydroxyl groups is 1. The Bertz CT molecular complexity index is 286. The molecule has 0 bridgehead atoms. The Hall–Kier alpha value is -0.170. The molecule has 1 heterocycles. The highest BCUT2D eigenvalue weighted by atomic mass is 32.2. The second-order valence-corrected chi connectivity index (χ2v) is 6.76.